The molecule has 1 N–H and O–H groups in total. The maximum absolute atomic E-state index is 13.9. The Morgan fingerprint density at radius 3 is 2.33 bits per heavy atom. The topological polar surface area (TPSA) is 49.4 Å². The van der Waals surface area contributed by atoms with Crippen LogP contribution in [0.4, 0.5) is 15.8 Å². The fourth-order valence-electron chi connectivity index (χ4n) is 2.43. The predicted molar refractivity (Wildman–Crippen MR) is 91.2 cm³/mol. The largest absolute Gasteiger partial charge is 0.350 e. The predicted octanol–water partition coefficient (Wildman–Crippen LogP) is 3.82. The van der Waals surface area contributed by atoms with Gasteiger partial charge in [-0.1, -0.05) is 42.8 Å². The Bertz CT molecular complexity index is 846. The molecule has 2 aromatic carbocycles. The molecule has 1 heterocycles. The van der Waals surface area contributed by atoms with Gasteiger partial charge in [-0.3, -0.25) is 9.59 Å². The molecule has 2 aromatic rings. The van der Waals surface area contributed by atoms with Crippen molar-refractivity contribution in [1.82, 2.24) is 0 Å². The van der Waals surface area contributed by atoms with Gasteiger partial charge in [0.15, 0.2) is 0 Å². The Morgan fingerprint density at radius 2 is 1.71 bits per heavy atom. The highest BCUT2D eigenvalue weighted by molar-refractivity contribution is 6.53. The summed E-state index contributed by atoms with van der Waals surface area (Å²) in [6.07, 6.45) is 0.891. The Labute approximate surface area is 143 Å². The number of para-hydroxylation sites is 1. The number of carbonyl (C=O) groups is 2. The van der Waals surface area contributed by atoms with Crippen molar-refractivity contribution in [2.24, 2.45) is 0 Å². The van der Waals surface area contributed by atoms with Crippen LogP contribution in [0.5, 0.6) is 0 Å². The second-order valence-electron chi connectivity index (χ2n) is 5.26. The van der Waals surface area contributed by atoms with Gasteiger partial charge in [-0.2, -0.15) is 0 Å². The first-order valence-corrected chi connectivity index (χ1v) is 7.79. The summed E-state index contributed by atoms with van der Waals surface area (Å²) in [5, 5.41) is 2.59. The molecule has 0 saturated carbocycles. The van der Waals surface area contributed by atoms with Gasteiger partial charge < -0.3 is 5.32 Å². The summed E-state index contributed by atoms with van der Waals surface area (Å²) in [5.41, 5.74) is 1.58. The number of anilines is 2. The van der Waals surface area contributed by atoms with E-state index in [9.17, 15) is 14.0 Å². The van der Waals surface area contributed by atoms with Crippen LogP contribution in [0.2, 0.25) is 0 Å². The molecule has 24 heavy (non-hydrogen) atoms. The SMILES string of the molecule is CCc1ccc(NC2=C(Cl)C(=O)N(c3ccccc3F)C2=O)cc1. The van der Waals surface area contributed by atoms with E-state index in [1.54, 1.807) is 18.2 Å². The number of rotatable bonds is 4. The van der Waals surface area contributed by atoms with Crippen molar-refractivity contribution in [2.75, 3.05) is 10.2 Å². The molecule has 0 aliphatic carbocycles. The third-order valence-corrected chi connectivity index (χ3v) is 4.10. The number of aryl methyl sites for hydroxylation is 1. The Kier molecular flexibility index (Phi) is 4.36. The molecule has 0 radical (unpaired) electrons. The second-order valence-corrected chi connectivity index (χ2v) is 5.64. The minimum Gasteiger partial charge on any atom is -0.350 e. The van der Waals surface area contributed by atoms with Gasteiger partial charge in [-0.05, 0) is 36.2 Å². The van der Waals surface area contributed by atoms with E-state index in [1.807, 2.05) is 19.1 Å². The normalized spacial score (nSPS) is 14.5. The molecule has 2 amide bonds. The summed E-state index contributed by atoms with van der Waals surface area (Å²) in [7, 11) is 0. The molecule has 0 unspecified atom stereocenters. The van der Waals surface area contributed by atoms with E-state index in [4.69, 9.17) is 11.6 Å². The van der Waals surface area contributed by atoms with E-state index >= 15 is 0 Å². The lowest BCUT2D eigenvalue weighted by Crippen LogP contribution is -2.33. The number of benzene rings is 2. The maximum Gasteiger partial charge on any atom is 0.283 e. The number of halogens is 2. The van der Waals surface area contributed by atoms with Gasteiger partial charge >= 0.3 is 0 Å². The summed E-state index contributed by atoms with van der Waals surface area (Å²) < 4.78 is 13.9. The molecule has 0 saturated heterocycles. The molecule has 3 rings (SSSR count). The van der Waals surface area contributed by atoms with E-state index < -0.39 is 17.6 Å². The van der Waals surface area contributed by atoms with E-state index in [1.165, 1.54) is 18.2 Å². The molecule has 0 spiro atoms. The highest BCUT2D eigenvalue weighted by Gasteiger charge is 2.40. The number of carbonyl (C=O) groups excluding carboxylic acids is 2. The number of amides is 2. The van der Waals surface area contributed by atoms with E-state index in [0.29, 0.717) is 5.69 Å². The number of imide groups is 1. The van der Waals surface area contributed by atoms with Crippen molar-refractivity contribution in [3.05, 3.63) is 70.6 Å². The second kappa shape index (κ2) is 6.45. The average molecular weight is 345 g/mol. The first-order valence-electron chi connectivity index (χ1n) is 7.42. The van der Waals surface area contributed by atoms with Gasteiger partial charge in [0, 0.05) is 5.69 Å². The summed E-state index contributed by atoms with van der Waals surface area (Å²) in [6, 6.07) is 13.0. The Morgan fingerprint density at radius 1 is 1.04 bits per heavy atom. The van der Waals surface area contributed by atoms with Crippen LogP contribution >= 0.6 is 11.6 Å². The molecular formula is C18H14ClFN2O2. The van der Waals surface area contributed by atoms with E-state index in [-0.39, 0.29) is 16.4 Å². The van der Waals surface area contributed by atoms with Crippen molar-refractivity contribution in [3.63, 3.8) is 0 Å². The molecule has 0 bridgehead atoms. The monoisotopic (exact) mass is 344 g/mol. The van der Waals surface area contributed by atoms with Crippen LogP contribution in [-0.2, 0) is 16.0 Å². The lowest BCUT2D eigenvalue weighted by Gasteiger charge is -2.15. The van der Waals surface area contributed by atoms with Gasteiger partial charge in [-0.15, -0.1) is 0 Å². The van der Waals surface area contributed by atoms with Crippen molar-refractivity contribution < 1.29 is 14.0 Å². The molecule has 4 nitrogen and oxygen atoms in total. The molecule has 0 aromatic heterocycles. The lowest BCUT2D eigenvalue weighted by atomic mass is 10.1. The molecule has 6 heteroatoms. The quantitative estimate of drug-likeness (QED) is 0.858. The molecule has 122 valence electrons. The van der Waals surface area contributed by atoms with Crippen LogP contribution in [0, 0.1) is 5.82 Å². The van der Waals surface area contributed by atoms with Crippen molar-refractivity contribution in [1.29, 1.82) is 0 Å². The van der Waals surface area contributed by atoms with Crippen molar-refractivity contribution in [3.8, 4) is 0 Å². The highest BCUT2D eigenvalue weighted by Crippen LogP contribution is 2.31. The third-order valence-electron chi connectivity index (χ3n) is 3.75. The summed E-state index contributed by atoms with van der Waals surface area (Å²) in [5.74, 6) is -2.11. The Balaban J connectivity index is 1.90. The standard InChI is InChI=1S/C18H14ClFN2O2/c1-2-11-7-9-12(10-8-11)21-16-15(19)17(23)22(18(16)24)14-6-4-3-5-13(14)20/h3-10,21H,2H2,1H3. The molecule has 0 fully saturated rings. The number of nitrogens with zero attached hydrogens (tertiary/aromatic N) is 1. The van der Waals surface area contributed by atoms with Crippen molar-refractivity contribution in [2.45, 2.75) is 13.3 Å². The Hall–Kier alpha value is -2.66. The molecular weight excluding hydrogens is 331 g/mol. The van der Waals surface area contributed by atoms with Gasteiger partial charge in [-0.25, -0.2) is 9.29 Å². The number of hydrogen-bond acceptors (Lipinski definition) is 3. The van der Waals surface area contributed by atoms with Crippen LogP contribution < -0.4 is 10.2 Å². The van der Waals surface area contributed by atoms with E-state index in [2.05, 4.69) is 5.32 Å². The molecule has 1 aliphatic heterocycles. The fraction of sp³-hybridized carbons (Fsp3) is 0.111. The average Bonchev–Trinajstić information content (AvgIpc) is 2.80. The summed E-state index contributed by atoms with van der Waals surface area (Å²) in [4.78, 5) is 25.6. The van der Waals surface area contributed by atoms with Crippen LogP contribution in [0.1, 0.15) is 12.5 Å². The highest BCUT2D eigenvalue weighted by atomic mass is 35.5. The number of nitrogens with one attached hydrogen (secondary N) is 1. The van der Waals surface area contributed by atoms with Gasteiger partial charge in [0.2, 0.25) is 0 Å². The summed E-state index contributed by atoms with van der Waals surface area (Å²) in [6.45, 7) is 2.03. The van der Waals surface area contributed by atoms with Crippen molar-refractivity contribution >= 4 is 34.8 Å². The summed E-state index contributed by atoms with van der Waals surface area (Å²) >= 11 is 6.01. The smallest absolute Gasteiger partial charge is 0.283 e. The zero-order chi connectivity index (χ0) is 17.3. The zero-order valence-corrected chi connectivity index (χ0v) is 13.6. The first kappa shape index (κ1) is 16.2. The minimum absolute atomic E-state index is 0.0610. The van der Waals surface area contributed by atoms with Crippen LogP contribution in [-0.4, -0.2) is 11.8 Å². The molecule has 0 atom stereocenters. The van der Waals surface area contributed by atoms with Crippen LogP contribution in [0.3, 0.4) is 0 Å². The minimum atomic E-state index is -0.751. The fourth-order valence-corrected chi connectivity index (χ4v) is 2.64. The van der Waals surface area contributed by atoms with Gasteiger partial charge in [0.05, 0.1) is 5.69 Å². The first-order chi connectivity index (χ1) is 11.5. The van der Waals surface area contributed by atoms with Gasteiger partial charge in [0.1, 0.15) is 16.5 Å². The van der Waals surface area contributed by atoms with Crippen LogP contribution in [0.25, 0.3) is 0 Å². The van der Waals surface area contributed by atoms with E-state index in [0.717, 1.165) is 16.9 Å². The third kappa shape index (κ3) is 2.78. The van der Waals surface area contributed by atoms with Gasteiger partial charge in [0.25, 0.3) is 11.8 Å². The van der Waals surface area contributed by atoms with Crippen LogP contribution in [0.15, 0.2) is 59.3 Å². The molecule has 1 aliphatic rings. The zero-order valence-electron chi connectivity index (χ0n) is 12.8. The lowest BCUT2D eigenvalue weighted by molar-refractivity contribution is -0.120. The maximum atomic E-state index is 13.9. The number of hydrogen-bond donors (Lipinski definition) is 1.